The molecule has 0 saturated heterocycles. The Morgan fingerprint density at radius 3 is 2.55 bits per heavy atom. The Morgan fingerprint density at radius 1 is 1.10 bits per heavy atom. The van der Waals surface area contributed by atoms with Crippen LogP contribution in [0.3, 0.4) is 0 Å². The van der Waals surface area contributed by atoms with Crippen molar-refractivity contribution < 1.29 is 9.69 Å². The van der Waals surface area contributed by atoms with Crippen LogP contribution in [0.1, 0.15) is 12.8 Å². The van der Waals surface area contributed by atoms with E-state index in [-0.39, 0.29) is 6.03 Å². The summed E-state index contributed by atoms with van der Waals surface area (Å²) in [6.07, 6.45) is 4.07. The average molecular weight is 408 g/mol. The van der Waals surface area contributed by atoms with E-state index in [1.165, 1.54) is 15.5 Å². The van der Waals surface area contributed by atoms with Crippen molar-refractivity contribution in [1.82, 2.24) is 0 Å². The number of thioether (sulfide) groups is 1. The van der Waals surface area contributed by atoms with Crippen LogP contribution in [0.25, 0.3) is 0 Å². The predicted octanol–water partition coefficient (Wildman–Crippen LogP) is 3.93. The molecule has 0 bridgehead atoms. The highest BCUT2D eigenvalue weighted by Crippen LogP contribution is 2.48. The number of nitrogens with zero attached hydrogens (tertiary/aromatic N) is 2. The molecule has 0 fully saturated rings. The zero-order valence-electron chi connectivity index (χ0n) is 17.3. The van der Waals surface area contributed by atoms with Gasteiger partial charge in [-0.1, -0.05) is 30.0 Å². The normalized spacial score (nSPS) is 15.6. The minimum absolute atomic E-state index is 0.114. The van der Waals surface area contributed by atoms with Gasteiger partial charge in [0.05, 0.1) is 19.8 Å². The van der Waals surface area contributed by atoms with Crippen molar-refractivity contribution >= 4 is 34.9 Å². The number of benzene rings is 2. The summed E-state index contributed by atoms with van der Waals surface area (Å²) < 4.78 is 0. The van der Waals surface area contributed by atoms with Crippen LogP contribution in [0.5, 0.6) is 0 Å². The number of fused-ring (bicyclic) bond motifs is 1. The van der Waals surface area contributed by atoms with E-state index in [0.29, 0.717) is 0 Å². The molecule has 5 nitrogen and oxygen atoms in total. The highest BCUT2D eigenvalue weighted by atomic mass is 32.2. The van der Waals surface area contributed by atoms with E-state index in [0.717, 1.165) is 40.5 Å². The van der Waals surface area contributed by atoms with Gasteiger partial charge in [0.1, 0.15) is 5.70 Å². The van der Waals surface area contributed by atoms with Gasteiger partial charge in [0.15, 0.2) is 0 Å². The number of carbonyl (C=O) groups excluding carboxylic acids is 1. The molecule has 0 spiro atoms. The number of amides is 2. The quantitative estimate of drug-likeness (QED) is 0.810. The number of anilines is 3. The SMILES string of the molecule is CN(C)c1ccc2c(c1)SC1=C(CCC([NH+](C)C)=C1)N2C(=O)Nc1ccccc1. The molecule has 0 aromatic heterocycles. The van der Waals surface area contributed by atoms with Gasteiger partial charge in [0.25, 0.3) is 0 Å². The molecule has 0 unspecified atom stereocenters. The first kappa shape index (κ1) is 19.6. The van der Waals surface area contributed by atoms with Gasteiger partial charge in [-0.05, 0) is 36.8 Å². The third-order valence-electron chi connectivity index (χ3n) is 5.28. The maximum absolute atomic E-state index is 13.4. The lowest BCUT2D eigenvalue weighted by Gasteiger charge is -2.35. The summed E-state index contributed by atoms with van der Waals surface area (Å²) in [6.45, 7) is 0. The fourth-order valence-electron chi connectivity index (χ4n) is 3.64. The summed E-state index contributed by atoms with van der Waals surface area (Å²) in [5, 5.41) is 3.06. The van der Waals surface area contributed by atoms with Crippen molar-refractivity contribution in [3.05, 3.63) is 70.9 Å². The molecular weight excluding hydrogens is 380 g/mol. The van der Waals surface area contributed by atoms with Gasteiger partial charge in [0, 0.05) is 53.5 Å². The number of urea groups is 1. The molecule has 4 rings (SSSR count). The summed E-state index contributed by atoms with van der Waals surface area (Å²) in [4.78, 5) is 20.9. The van der Waals surface area contributed by atoms with Crippen LogP contribution < -0.4 is 20.0 Å². The van der Waals surface area contributed by atoms with Crippen LogP contribution in [-0.2, 0) is 0 Å². The van der Waals surface area contributed by atoms with Crippen LogP contribution in [-0.4, -0.2) is 34.2 Å². The number of quaternary nitrogens is 1. The van der Waals surface area contributed by atoms with E-state index < -0.39 is 0 Å². The maximum atomic E-state index is 13.4. The molecule has 2 aromatic rings. The van der Waals surface area contributed by atoms with Crippen molar-refractivity contribution in [3.63, 3.8) is 0 Å². The highest BCUT2D eigenvalue weighted by molar-refractivity contribution is 8.03. The van der Waals surface area contributed by atoms with Crippen molar-refractivity contribution in [1.29, 1.82) is 0 Å². The van der Waals surface area contributed by atoms with Gasteiger partial charge in [-0.15, -0.1) is 0 Å². The maximum Gasteiger partial charge on any atom is 0.330 e. The lowest BCUT2D eigenvalue weighted by molar-refractivity contribution is -0.818. The van der Waals surface area contributed by atoms with E-state index in [4.69, 9.17) is 0 Å². The molecule has 2 aromatic carbocycles. The van der Waals surface area contributed by atoms with E-state index in [2.05, 4.69) is 48.6 Å². The zero-order chi connectivity index (χ0) is 20.5. The Morgan fingerprint density at radius 2 is 1.86 bits per heavy atom. The summed E-state index contributed by atoms with van der Waals surface area (Å²) in [6, 6.07) is 15.8. The van der Waals surface area contributed by atoms with E-state index >= 15 is 0 Å². The van der Waals surface area contributed by atoms with Crippen molar-refractivity contribution in [2.75, 3.05) is 43.3 Å². The molecule has 150 valence electrons. The molecule has 1 aliphatic carbocycles. The molecule has 2 aliphatic rings. The van der Waals surface area contributed by atoms with Crippen molar-refractivity contribution in [2.24, 2.45) is 0 Å². The molecule has 29 heavy (non-hydrogen) atoms. The molecule has 1 aliphatic heterocycles. The smallest absolute Gasteiger partial charge is 0.330 e. The first-order chi connectivity index (χ1) is 13.9. The van der Waals surface area contributed by atoms with E-state index in [9.17, 15) is 4.79 Å². The van der Waals surface area contributed by atoms with E-state index in [1.807, 2.05) is 49.3 Å². The minimum atomic E-state index is -0.114. The fourth-order valence-corrected chi connectivity index (χ4v) is 4.83. The fraction of sp³-hybridized carbons (Fsp3) is 0.261. The summed E-state index contributed by atoms with van der Waals surface area (Å²) in [7, 11) is 8.38. The Kier molecular flexibility index (Phi) is 5.39. The third kappa shape index (κ3) is 3.91. The zero-order valence-corrected chi connectivity index (χ0v) is 18.1. The van der Waals surface area contributed by atoms with E-state index in [1.54, 1.807) is 11.8 Å². The van der Waals surface area contributed by atoms with Gasteiger partial charge in [-0.3, -0.25) is 4.90 Å². The Labute approximate surface area is 176 Å². The standard InChI is InChI=1S/C23H26N4OS/c1-25(2)17-10-12-19-21(14-17)29-22-15-18(26(3)4)11-13-20(22)27(19)23(28)24-16-8-6-5-7-9-16/h5-10,12,14-15H,11,13H2,1-4H3,(H,24,28)/p+1. The topological polar surface area (TPSA) is 40.0 Å². The summed E-state index contributed by atoms with van der Waals surface area (Å²) >= 11 is 1.76. The molecule has 2 N–H and O–H groups in total. The largest absolute Gasteiger partial charge is 0.378 e. The van der Waals surface area contributed by atoms with Crippen LogP contribution in [0.15, 0.2) is 75.8 Å². The Balaban J connectivity index is 1.77. The van der Waals surface area contributed by atoms with Gasteiger partial charge in [-0.25, -0.2) is 4.79 Å². The van der Waals surface area contributed by atoms with Crippen molar-refractivity contribution in [3.8, 4) is 0 Å². The van der Waals surface area contributed by atoms with Crippen molar-refractivity contribution in [2.45, 2.75) is 17.7 Å². The highest BCUT2D eigenvalue weighted by Gasteiger charge is 2.33. The molecular formula is C23H27N4OS+. The number of carbonyl (C=O) groups is 1. The number of allylic oxidation sites excluding steroid dienone is 3. The van der Waals surface area contributed by atoms with Crippen LogP contribution in [0.2, 0.25) is 0 Å². The number of hydrogen-bond donors (Lipinski definition) is 2. The predicted molar refractivity (Wildman–Crippen MR) is 122 cm³/mol. The minimum Gasteiger partial charge on any atom is -0.378 e. The van der Waals surface area contributed by atoms with Crippen LogP contribution >= 0.6 is 11.8 Å². The molecule has 0 atom stereocenters. The summed E-state index contributed by atoms with van der Waals surface area (Å²) in [5.74, 6) is 0. The third-order valence-corrected chi connectivity index (χ3v) is 6.40. The first-order valence-corrected chi connectivity index (χ1v) is 10.7. The Hall–Kier alpha value is -2.70. The first-order valence-electron chi connectivity index (χ1n) is 9.83. The number of nitrogens with one attached hydrogen (secondary N) is 2. The second-order valence-electron chi connectivity index (χ2n) is 7.76. The average Bonchev–Trinajstić information content (AvgIpc) is 2.71. The molecule has 6 heteroatoms. The van der Waals surface area contributed by atoms with Crippen LogP contribution in [0, 0.1) is 0 Å². The number of para-hydroxylation sites is 1. The lowest BCUT2D eigenvalue weighted by Crippen LogP contribution is -3.03. The second-order valence-corrected chi connectivity index (χ2v) is 8.84. The lowest BCUT2D eigenvalue weighted by atomic mass is 10.0. The molecule has 0 saturated carbocycles. The monoisotopic (exact) mass is 407 g/mol. The van der Waals surface area contributed by atoms with Crippen LogP contribution in [0.4, 0.5) is 21.9 Å². The number of rotatable bonds is 3. The van der Waals surface area contributed by atoms with Gasteiger partial charge < -0.3 is 15.1 Å². The Bertz CT molecular complexity index is 995. The molecule has 1 heterocycles. The summed E-state index contributed by atoms with van der Waals surface area (Å²) in [5.41, 5.74) is 5.32. The number of hydrogen-bond acceptors (Lipinski definition) is 3. The van der Waals surface area contributed by atoms with Gasteiger partial charge in [-0.2, -0.15) is 0 Å². The van der Waals surface area contributed by atoms with Gasteiger partial charge in [0.2, 0.25) is 0 Å². The molecule has 0 radical (unpaired) electrons. The molecule has 2 amide bonds. The van der Waals surface area contributed by atoms with Gasteiger partial charge >= 0.3 is 6.03 Å². The second kappa shape index (κ2) is 7.97.